The van der Waals surface area contributed by atoms with Crippen LogP contribution in [0.3, 0.4) is 0 Å². The Labute approximate surface area is 296 Å². The first-order valence-electron chi connectivity index (χ1n) is 16.7. The Hall–Kier alpha value is -3.73. The summed E-state index contributed by atoms with van der Waals surface area (Å²) < 4.78 is 11.5. The Bertz CT molecular complexity index is 1930. The van der Waals surface area contributed by atoms with Crippen molar-refractivity contribution in [3.05, 3.63) is 82.0 Å². The van der Waals surface area contributed by atoms with Gasteiger partial charge in [-0.3, -0.25) is 19.6 Å². The van der Waals surface area contributed by atoms with Crippen LogP contribution in [0.25, 0.3) is 33.6 Å². The number of carbonyl (C=O) groups excluding carboxylic acids is 1. The summed E-state index contributed by atoms with van der Waals surface area (Å²) in [4.78, 5) is 26.0. The van der Waals surface area contributed by atoms with Crippen LogP contribution >= 0.6 is 23.2 Å². The predicted octanol–water partition coefficient (Wildman–Crippen LogP) is 6.08. The van der Waals surface area contributed by atoms with Gasteiger partial charge in [0.05, 0.1) is 41.8 Å². The highest BCUT2D eigenvalue weighted by molar-refractivity contribution is 6.39. The number of nitrogens with one attached hydrogen (secondary N) is 1. The standard InChI is InChI=1S/C38H39Cl2N5O4/c1-48-31-12-23(6-7-24(31)16-44-19-37(20-44)13-26(46)14-37)35-34(40)28(10-11-41-35)27-4-3-5-29(33(27)39)30-9-8-25(36(43-30)49-2)17-45-21-38(22-45)15-32(47)42-18-38/h3-12,26,46H,13-22H2,1-2H3,(H,42,47). The second-order valence-electron chi connectivity index (χ2n) is 14.4. The summed E-state index contributed by atoms with van der Waals surface area (Å²) in [5.74, 6) is 1.49. The quantitative estimate of drug-likeness (QED) is 0.217. The van der Waals surface area contributed by atoms with Crippen molar-refractivity contribution in [1.29, 1.82) is 0 Å². The zero-order valence-electron chi connectivity index (χ0n) is 27.6. The lowest BCUT2D eigenvalue weighted by atomic mass is 9.62. The molecule has 8 rings (SSSR count). The Balaban J connectivity index is 1.02. The van der Waals surface area contributed by atoms with Crippen LogP contribution in [0.5, 0.6) is 11.6 Å². The zero-order chi connectivity index (χ0) is 33.9. The van der Waals surface area contributed by atoms with Crippen molar-refractivity contribution >= 4 is 29.1 Å². The summed E-state index contributed by atoms with van der Waals surface area (Å²) in [5.41, 5.74) is 6.98. The molecule has 2 spiro atoms. The average Bonchev–Trinajstić information content (AvgIpc) is 3.45. The van der Waals surface area contributed by atoms with Crippen LogP contribution in [0.1, 0.15) is 30.4 Å². The highest BCUT2D eigenvalue weighted by Crippen LogP contribution is 2.49. The van der Waals surface area contributed by atoms with E-state index in [4.69, 9.17) is 37.7 Å². The number of hydrogen-bond donors (Lipinski definition) is 2. The number of carbonyl (C=O) groups is 1. The maximum absolute atomic E-state index is 11.7. The second kappa shape index (κ2) is 12.5. The van der Waals surface area contributed by atoms with Crippen LogP contribution in [0, 0.1) is 10.8 Å². The molecule has 1 saturated carbocycles. The fourth-order valence-corrected chi connectivity index (χ4v) is 9.06. The van der Waals surface area contributed by atoms with Gasteiger partial charge in [0.2, 0.25) is 11.8 Å². The Kier molecular flexibility index (Phi) is 8.32. The molecule has 4 fully saturated rings. The van der Waals surface area contributed by atoms with Gasteiger partial charge < -0.3 is 19.9 Å². The molecule has 5 heterocycles. The van der Waals surface area contributed by atoms with Crippen LogP contribution in [0.4, 0.5) is 0 Å². The number of rotatable bonds is 9. The number of aliphatic hydroxyl groups is 1. The largest absolute Gasteiger partial charge is 0.496 e. The van der Waals surface area contributed by atoms with Crippen molar-refractivity contribution in [2.45, 2.75) is 38.5 Å². The van der Waals surface area contributed by atoms with Gasteiger partial charge in [-0.25, -0.2) is 4.98 Å². The lowest BCUT2D eigenvalue weighted by Crippen LogP contribution is -2.63. The SMILES string of the molecule is COc1cc(-c2nccc(-c3cccc(-c4ccc(CN5CC6(CNC(=O)C6)C5)c(OC)n4)c3Cl)c2Cl)ccc1CN1CC2(CC(O)C2)C1. The molecule has 3 saturated heterocycles. The molecule has 4 aromatic rings. The number of likely N-dealkylation sites (tertiary alicyclic amines) is 2. The molecule has 0 radical (unpaired) electrons. The minimum absolute atomic E-state index is 0.0644. The van der Waals surface area contributed by atoms with Crippen molar-refractivity contribution in [2.24, 2.45) is 10.8 Å². The summed E-state index contributed by atoms with van der Waals surface area (Å²) in [6.07, 6.45) is 4.04. The molecule has 0 bridgehead atoms. The van der Waals surface area contributed by atoms with Gasteiger partial charge in [-0.05, 0) is 31.0 Å². The average molecular weight is 701 g/mol. The molecule has 1 amide bonds. The van der Waals surface area contributed by atoms with Gasteiger partial charge in [0, 0.05) is 103 Å². The van der Waals surface area contributed by atoms with Crippen molar-refractivity contribution in [1.82, 2.24) is 25.1 Å². The molecule has 254 valence electrons. The molecular weight excluding hydrogens is 661 g/mol. The van der Waals surface area contributed by atoms with E-state index >= 15 is 0 Å². The highest BCUT2D eigenvalue weighted by Gasteiger charge is 2.51. The summed E-state index contributed by atoms with van der Waals surface area (Å²) in [7, 11) is 3.32. The fraction of sp³-hybridized carbons (Fsp3) is 0.395. The van der Waals surface area contributed by atoms with E-state index in [-0.39, 0.29) is 17.4 Å². The van der Waals surface area contributed by atoms with Gasteiger partial charge in [0.15, 0.2) is 0 Å². The summed E-state index contributed by atoms with van der Waals surface area (Å²) in [6.45, 7) is 6.02. The maximum atomic E-state index is 11.7. The number of amides is 1. The number of benzene rings is 2. The first-order chi connectivity index (χ1) is 23.7. The van der Waals surface area contributed by atoms with Crippen molar-refractivity contribution in [2.75, 3.05) is 46.9 Å². The molecule has 9 nitrogen and oxygen atoms in total. The molecule has 1 aliphatic carbocycles. The molecule has 3 aliphatic heterocycles. The van der Waals surface area contributed by atoms with Crippen LogP contribution in [-0.4, -0.2) is 83.8 Å². The number of halogens is 2. The smallest absolute Gasteiger partial charge is 0.220 e. The van der Waals surface area contributed by atoms with E-state index in [0.29, 0.717) is 45.7 Å². The number of nitrogens with zero attached hydrogens (tertiary/aromatic N) is 4. The van der Waals surface area contributed by atoms with E-state index in [0.717, 1.165) is 91.2 Å². The lowest BCUT2D eigenvalue weighted by Gasteiger charge is -2.58. The van der Waals surface area contributed by atoms with Gasteiger partial charge in [0.1, 0.15) is 5.75 Å². The van der Waals surface area contributed by atoms with Crippen LogP contribution in [0.2, 0.25) is 10.0 Å². The van der Waals surface area contributed by atoms with Crippen LogP contribution in [0.15, 0.2) is 60.8 Å². The number of ether oxygens (including phenoxy) is 2. The summed E-state index contributed by atoms with van der Waals surface area (Å²) in [6, 6.07) is 17.9. The molecular formula is C38H39Cl2N5O4. The van der Waals surface area contributed by atoms with Crippen molar-refractivity contribution < 1.29 is 19.4 Å². The van der Waals surface area contributed by atoms with E-state index in [1.165, 1.54) is 0 Å². The summed E-state index contributed by atoms with van der Waals surface area (Å²) in [5, 5.41) is 13.7. The van der Waals surface area contributed by atoms with Gasteiger partial charge in [-0.2, -0.15) is 0 Å². The van der Waals surface area contributed by atoms with Crippen molar-refractivity contribution in [3.63, 3.8) is 0 Å². The van der Waals surface area contributed by atoms with E-state index in [1.807, 2.05) is 48.5 Å². The van der Waals surface area contributed by atoms with Crippen LogP contribution < -0.4 is 14.8 Å². The van der Waals surface area contributed by atoms with Gasteiger partial charge in [-0.15, -0.1) is 0 Å². The second-order valence-corrected chi connectivity index (χ2v) is 15.1. The van der Waals surface area contributed by atoms with Gasteiger partial charge >= 0.3 is 0 Å². The maximum Gasteiger partial charge on any atom is 0.220 e. The minimum Gasteiger partial charge on any atom is -0.496 e. The van der Waals surface area contributed by atoms with Crippen molar-refractivity contribution in [3.8, 4) is 45.3 Å². The van der Waals surface area contributed by atoms with E-state index < -0.39 is 0 Å². The number of pyridine rings is 2. The molecule has 0 atom stereocenters. The molecule has 49 heavy (non-hydrogen) atoms. The van der Waals surface area contributed by atoms with E-state index in [1.54, 1.807) is 20.4 Å². The molecule has 2 N–H and O–H groups in total. The number of aliphatic hydroxyl groups excluding tert-OH is 1. The fourth-order valence-electron chi connectivity index (χ4n) is 8.41. The zero-order valence-corrected chi connectivity index (χ0v) is 29.2. The lowest BCUT2D eigenvalue weighted by molar-refractivity contribution is -0.131. The highest BCUT2D eigenvalue weighted by atomic mass is 35.5. The topological polar surface area (TPSA) is 100 Å². The first kappa shape index (κ1) is 32.5. The number of aromatic nitrogens is 2. The summed E-state index contributed by atoms with van der Waals surface area (Å²) >= 11 is 14.2. The Morgan fingerprint density at radius 2 is 1.57 bits per heavy atom. The predicted molar refractivity (Wildman–Crippen MR) is 190 cm³/mol. The van der Waals surface area contributed by atoms with Gasteiger partial charge in [-0.1, -0.05) is 59.6 Å². The third-order valence-electron chi connectivity index (χ3n) is 10.7. The minimum atomic E-state index is -0.132. The van der Waals surface area contributed by atoms with E-state index in [9.17, 15) is 9.90 Å². The first-order valence-corrected chi connectivity index (χ1v) is 17.5. The third kappa shape index (κ3) is 5.95. The molecule has 2 aromatic carbocycles. The molecule has 0 unspecified atom stereocenters. The molecule has 4 aliphatic rings. The number of hydrogen-bond acceptors (Lipinski definition) is 8. The number of methoxy groups -OCH3 is 2. The molecule has 2 aromatic heterocycles. The normalized spacial score (nSPS) is 19.7. The Morgan fingerprint density at radius 3 is 2.27 bits per heavy atom. The monoisotopic (exact) mass is 699 g/mol. The van der Waals surface area contributed by atoms with E-state index in [2.05, 4.69) is 26.2 Å². The van der Waals surface area contributed by atoms with Crippen LogP contribution in [-0.2, 0) is 17.9 Å². The molecule has 11 heteroatoms. The third-order valence-corrected chi connectivity index (χ3v) is 11.5. The van der Waals surface area contributed by atoms with Gasteiger partial charge in [0.25, 0.3) is 0 Å². The Morgan fingerprint density at radius 1 is 0.878 bits per heavy atom.